The summed E-state index contributed by atoms with van der Waals surface area (Å²) in [6.07, 6.45) is 13.1. The predicted molar refractivity (Wildman–Crippen MR) is 63.3 cm³/mol. The van der Waals surface area contributed by atoms with Crippen LogP contribution in [-0.4, -0.2) is 5.33 Å². The average molecular weight is 245 g/mol. The van der Waals surface area contributed by atoms with Gasteiger partial charge in [-0.1, -0.05) is 54.3 Å². The Bertz CT molecular complexity index is 151. The Morgan fingerprint density at radius 2 is 2.23 bits per heavy atom. The van der Waals surface area contributed by atoms with Gasteiger partial charge in [0.15, 0.2) is 0 Å². The second kappa shape index (κ2) is 6.64. The van der Waals surface area contributed by atoms with Gasteiger partial charge in [-0.25, -0.2) is 0 Å². The molecular weight excluding hydrogens is 224 g/mol. The van der Waals surface area contributed by atoms with E-state index in [-0.39, 0.29) is 0 Å². The minimum Gasteiger partial charge on any atom is -0.0925 e. The molecule has 0 saturated heterocycles. The van der Waals surface area contributed by atoms with Crippen molar-refractivity contribution in [1.82, 2.24) is 0 Å². The first-order valence-electron chi connectivity index (χ1n) is 5.59. The minimum atomic E-state index is 0.887. The largest absolute Gasteiger partial charge is 0.0925 e. The first-order chi connectivity index (χ1) is 6.36. The van der Waals surface area contributed by atoms with E-state index >= 15 is 0 Å². The third-order valence-corrected chi connectivity index (χ3v) is 3.54. The monoisotopic (exact) mass is 244 g/mol. The highest BCUT2D eigenvalue weighted by Crippen LogP contribution is 2.31. The topological polar surface area (TPSA) is 0 Å². The third-order valence-electron chi connectivity index (χ3n) is 3.08. The van der Waals surface area contributed by atoms with Gasteiger partial charge in [-0.2, -0.15) is 0 Å². The number of hydrogen-bond donors (Lipinski definition) is 0. The van der Waals surface area contributed by atoms with Crippen LogP contribution in [0.25, 0.3) is 0 Å². The molecule has 0 heterocycles. The van der Waals surface area contributed by atoms with E-state index in [0.717, 1.165) is 17.2 Å². The Kier molecular flexibility index (Phi) is 5.77. The minimum absolute atomic E-state index is 0.887. The lowest BCUT2D eigenvalue weighted by atomic mass is 9.80. The number of hydrogen-bond acceptors (Lipinski definition) is 0. The van der Waals surface area contributed by atoms with Gasteiger partial charge in [-0.3, -0.25) is 0 Å². The predicted octanol–water partition coefficient (Wildman–Crippen LogP) is 4.54. The van der Waals surface area contributed by atoms with Crippen LogP contribution in [0.15, 0.2) is 12.2 Å². The normalized spacial score (nSPS) is 29.7. The molecule has 0 bridgehead atoms. The lowest BCUT2D eigenvalue weighted by molar-refractivity contribution is 0.297. The zero-order valence-corrected chi connectivity index (χ0v) is 10.2. The lowest BCUT2D eigenvalue weighted by Crippen LogP contribution is -2.13. The lowest BCUT2D eigenvalue weighted by Gasteiger charge is -2.26. The van der Waals surface area contributed by atoms with Crippen molar-refractivity contribution in [2.24, 2.45) is 11.8 Å². The van der Waals surface area contributed by atoms with Gasteiger partial charge in [-0.05, 0) is 31.1 Å². The smallest absolute Gasteiger partial charge is 0.00659 e. The highest BCUT2D eigenvalue weighted by molar-refractivity contribution is 9.09. The molecule has 0 aliphatic heterocycles. The van der Waals surface area contributed by atoms with E-state index in [4.69, 9.17) is 0 Å². The molecule has 13 heavy (non-hydrogen) atoms. The molecule has 76 valence electrons. The van der Waals surface area contributed by atoms with E-state index in [1.807, 2.05) is 0 Å². The number of allylic oxidation sites excluding steroid dienone is 2. The van der Waals surface area contributed by atoms with Crippen molar-refractivity contribution in [3.63, 3.8) is 0 Å². The van der Waals surface area contributed by atoms with E-state index in [2.05, 4.69) is 35.0 Å². The van der Waals surface area contributed by atoms with Crippen LogP contribution in [0, 0.1) is 11.8 Å². The van der Waals surface area contributed by atoms with Crippen molar-refractivity contribution in [3.8, 4) is 0 Å². The molecule has 0 amide bonds. The molecule has 0 spiro atoms. The van der Waals surface area contributed by atoms with Crippen molar-refractivity contribution in [2.75, 3.05) is 5.33 Å². The van der Waals surface area contributed by atoms with Gasteiger partial charge in [-0.15, -0.1) is 0 Å². The molecule has 0 N–H and O–H groups in total. The van der Waals surface area contributed by atoms with Crippen LogP contribution in [0.1, 0.15) is 45.4 Å². The standard InChI is InChI=1S/C12H21Br/c1-2-11-7-5-8-12(10-11)6-3-4-9-13/h3,6,11-12H,2,4-5,7-10H2,1H3/b6-3+. The molecular formula is C12H21Br. The Labute approximate surface area is 90.9 Å². The molecule has 0 nitrogen and oxygen atoms in total. The van der Waals surface area contributed by atoms with Gasteiger partial charge in [0.2, 0.25) is 0 Å². The molecule has 1 aliphatic rings. The van der Waals surface area contributed by atoms with Gasteiger partial charge >= 0.3 is 0 Å². The van der Waals surface area contributed by atoms with Crippen molar-refractivity contribution in [1.29, 1.82) is 0 Å². The van der Waals surface area contributed by atoms with Crippen molar-refractivity contribution in [3.05, 3.63) is 12.2 Å². The van der Waals surface area contributed by atoms with Crippen LogP contribution in [0.4, 0.5) is 0 Å². The maximum Gasteiger partial charge on any atom is 0.00659 e. The number of alkyl halides is 1. The summed E-state index contributed by atoms with van der Waals surface area (Å²) in [5.74, 6) is 1.89. The first-order valence-corrected chi connectivity index (χ1v) is 6.71. The molecule has 1 heteroatoms. The van der Waals surface area contributed by atoms with Crippen LogP contribution < -0.4 is 0 Å². The van der Waals surface area contributed by atoms with Crippen molar-refractivity contribution >= 4 is 15.9 Å². The van der Waals surface area contributed by atoms with Crippen LogP contribution in [-0.2, 0) is 0 Å². The van der Waals surface area contributed by atoms with Crippen LogP contribution in [0.2, 0.25) is 0 Å². The molecule has 0 radical (unpaired) electrons. The average Bonchev–Trinajstić information content (AvgIpc) is 2.19. The fraction of sp³-hybridized carbons (Fsp3) is 0.833. The summed E-state index contributed by atoms with van der Waals surface area (Å²) in [6.45, 7) is 2.33. The quantitative estimate of drug-likeness (QED) is 0.503. The Balaban J connectivity index is 2.25. The zero-order valence-electron chi connectivity index (χ0n) is 8.64. The van der Waals surface area contributed by atoms with Gasteiger partial charge in [0.05, 0.1) is 0 Å². The van der Waals surface area contributed by atoms with E-state index in [1.165, 1.54) is 38.5 Å². The van der Waals surface area contributed by atoms with E-state index in [9.17, 15) is 0 Å². The summed E-state index contributed by atoms with van der Waals surface area (Å²) in [7, 11) is 0. The molecule has 1 aliphatic carbocycles. The van der Waals surface area contributed by atoms with Crippen molar-refractivity contribution in [2.45, 2.75) is 45.4 Å². The van der Waals surface area contributed by atoms with E-state index < -0.39 is 0 Å². The van der Waals surface area contributed by atoms with Gasteiger partial charge in [0.25, 0.3) is 0 Å². The summed E-state index contributed by atoms with van der Waals surface area (Å²) in [5, 5.41) is 1.10. The fourth-order valence-electron chi connectivity index (χ4n) is 2.23. The number of halogens is 1. The molecule has 2 atom stereocenters. The molecule has 1 fully saturated rings. The summed E-state index contributed by atoms with van der Waals surface area (Å²) < 4.78 is 0. The molecule has 0 aromatic carbocycles. The maximum absolute atomic E-state index is 3.45. The highest BCUT2D eigenvalue weighted by Gasteiger charge is 2.18. The van der Waals surface area contributed by atoms with Crippen molar-refractivity contribution < 1.29 is 0 Å². The number of rotatable bonds is 4. The van der Waals surface area contributed by atoms with Gasteiger partial charge in [0, 0.05) is 5.33 Å². The van der Waals surface area contributed by atoms with E-state index in [0.29, 0.717) is 0 Å². The Hall–Kier alpha value is 0.220. The van der Waals surface area contributed by atoms with Gasteiger partial charge < -0.3 is 0 Å². The van der Waals surface area contributed by atoms with Crippen LogP contribution in [0.5, 0.6) is 0 Å². The SMILES string of the molecule is CCC1CCCC(/C=C/CCBr)C1. The molecule has 1 saturated carbocycles. The zero-order chi connectivity index (χ0) is 9.52. The fourth-order valence-corrected chi connectivity index (χ4v) is 2.49. The molecule has 0 aromatic heterocycles. The van der Waals surface area contributed by atoms with E-state index in [1.54, 1.807) is 0 Å². The van der Waals surface area contributed by atoms with Crippen LogP contribution in [0.3, 0.4) is 0 Å². The molecule has 2 unspecified atom stereocenters. The van der Waals surface area contributed by atoms with Gasteiger partial charge in [0.1, 0.15) is 0 Å². The summed E-state index contributed by atoms with van der Waals surface area (Å²) >= 11 is 3.45. The summed E-state index contributed by atoms with van der Waals surface area (Å²) in [4.78, 5) is 0. The summed E-state index contributed by atoms with van der Waals surface area (Å²) in [6, 6.07) is 0. The summed E-state index contributed by atoms with van der Waals surface area (Å²) in [5.41, 5.74) is 0. The Morgan fingerprint density at radius 3 is 2.92 bits per heavy atom. The molecule has 1 rings (SSSR count). The molecule has 0 aromatic rings. The highest BCUT2D eigenvalue weighted by atomic mass is 79.9. The Morgan fingerprint density at radius 1 is 1.38 bits per heavy atom. The third kappa shape index (κ3) is 4.30. The first kappa shape index (κ1) is 11.3. The second-order valence-electron chi connectivity index (χ2n) is 4.11. The maximum atomic E-state index is 3.45. The van der Waals surface area contributed by atoms with Crippen LogP contribution >= 0.6 is 15.9 Å². The second-order valence-corrected chi connectivity index (χ2v) is 4.90.